The van der Waals surface area contributed by atoms with E-state index < -0.39 is 0 Å². The van der Waals surface area contributed by atoms with Crippen LogP contribution in [0.25, 0.3) is 0 Å². The summed E-state index contributed by atoms with van der Waals surface area (Å²) in [6, 6.07) is 12.1. The van der Waals surface area contributed by atoms with Gasteiger partial charge in [-0.05, 0) is 62.7 Å². The van der Waals surface area contributed by atoms with Gasteiger partial charge in [-0.15, -0.1) is 16.4 Å². The molecule has 1 aliphatic heterocycles. The summed E-state index contributed by atoms with van der Waals surface area (Å²) in [6.07, 6.45) is 0. The lowest BCUT2D eigenvalue weighted by molar-refractivity contribution is 0.0627. The van der Waals surface area contributed by atoms with Crippen molar-refractivity contribution < 1.29 is 9.57 Å². The second kappa shape index (κ2) is 8.52. The first-order valence-electron chi connectivity index (χ1n) is 9.23. The fourth-order valence-corrected chi connectivity index (χ4v) is 4.82. The Hall–Kier alpha value is -2.42. The van der Waals surface area contributed by atoms with Crippen molar-refractivity contribution >= 4 is 28.9 Å². The smallest absolute Gasteiger partial charge is 0.156 e. The zero-order valence-electron chi connectivity index (χ0n) is 16.7. The van der Waals surface area contributed by atoms with Gasteiger partial charge in [-0.3, -0.25) is 9.83 Å². The molecule has 3 heterocycles. The summed E-state index contributed by atoms with van der Waals surface area (Å²) >= 11 is 3.30. The number of benzene rings is 1. The Kier molecular flexibility index (Phi) is 5.84. The minimum Gasteiger partial charge on any atom is -0.497 e. The van der Waals surface area contributed by atoms with Gasteiger partial charge in [0.05, 0.1) is 18.4 Å². The summed E-state index contributed by atoms with van der Waals surface area (Å²) in [5.74, 6) is 1.51. The van der Waals surface area contributed by atoms with E-state index in [0.29, 0.717) is 12.4 Å². The van der Waals surface area contributed by atoms with Crippen molar-refractivity contribution in [2.75, 3.05) is 13.7 Å². The highest BCUT2D eigenvalue weighted by Crippen LogP contribution is 2.34. The predicted molar refractivity (Wildman–Crippen MR) is 116 cm³/mol. The van der Waals surface area contributed by atoms with Gasteiger partial charge in [0.2, 0.25) is 0 Å². The third-order valence-electron chi connectivity index (χ3n) is 4.72. The van der Waals surface area contributed by atoms with Gasteiger partial charge in [0.15, 0.2) is 5.84 Å². The molecule has 1 atom stereocenters. The molecule has 0 unspecified atom stereocenters. The second-order valence-electron chi connectivity index (χ2n) is 6.72. The van der Waals surface area contributed by atoms with Gasteiger partial charge < -0.3 is 4.74 Å². The van der Waals surface area contributed by atoms with Crippen molar-refractivity contribution in [2.24, 2.45) is 4.99 Å². The summed E-state index contributed by atoms with van der Waals surface area (Å²) in [5.41, 5.74) is 5.84. The molecule has 0 bridgehead atoms. The number of amidine groups is 1. The quantitative estimate of drug-likeness (QED) is 0.641. The number of thiophene rings is 1. The largest absolute Gasteiger partial charge is 0.497 e. The number of hydroxylamine groups is 1. The number of nitrogens with zero attached hydrogens (tertiary/aromatic N) is 3. The molecule has 2 aromatic heterocycles. The number of methoxy groups -OCH3 is 1. The van der Waals surface area contributed by atoms with E-state index in [2.05, 4.69) is 34.7 Å². The maximum atomic E-state index is 5.70. The third-order valence-corrected chi connectivity index (χ3v) is 6.81. The highest BCUT2D eigenvalue weighted by molar-refractivity contribution is 7.99. The Balaban J connectivity index is 1.71. The molecule has 0 radical (unpaired) electrons. The normalized spacial score (nSPS) is 16.3. The van der Waals surface area contributed by atoms with E-state index >= 15 is 0 Å². The van der Waals surface area contributed by atoms with Gasteiger partial charge in [0, 0.05) is 14.6 Å². The van der Waals surface area contributed by atoms with Crippen LogP contribution in [-0.2, 0) is 4.84 Å². The molecule has 150 valence electrons. The SMILES string of the molecule is COc1ccc(Sc2nnc(C)c(C)c2C2=N[C@H](c3ccc(C)s3)CON2)cc1. The number of nitrogens with one attached hydrogen (secondary N) is 1. The Labute approximate surface area is 178 Å². The van der Waals surface area contributed by atoms with E-state index in [9.17, 15) is 0 Å². The molecular weight excluding hydrogens is 404 g/mol. The molecule has 0 fully saturated rings. The molecule has 4 rings (SSSR count). The van der Waals surface area contributed by atoms with E-state index in [1.165, 1.54) is 9.75 Å². The predicted octanol–water partition coefficient (Wildman–Crippen LogP) is 4.65. The van der Waals surface area contributed by atoms with Crippen LogP contribution in [0.2, 0.25) is 0 Å². The average Bonchev–Trinajstić information content (AvgIpc) is 3.18. The van der Waals surface area contributed by atoms with Crippen LogP contribution in [0.15, 0.2) is 51.3 Å². The van der Waals surface area contributed by atoms with E-state index in [4.69, 9.17) is 14.6 Å². The van der Waals surface area contributed by atoms with Crippen LogP contribution in [0, 0.1) is 20.8 Å². The Morgan fingerprint density at radius 3 is 2.59 bits per heavy atom. The molecule has 1 aromatic carbocycles. The van der Waals surface area contributed by atoms with Gasteiger partial charge in [0.25, 0.3) is 0 Å². The standard InChI is InChI=1S/C21H22N4O2S2/c1-12-5-10-18(28-12)17-11-27-25-20(22-17)19-13(2)14(3)23-24-21(19)29-16-8-6-15(26-4)7-9-16/h5-10,17H,11H2,1-4H3,(H,22,25)/t17-/m0/s1. The van der Waals surface area contributed by atoms with Crippen molar-refractivity contribution in [1.29, 1.82) is 0 Å². The number of hydrogen-bond donors (Lipinski definition) is 1. The van der Waals surface area contributed by atoms with Gasteiger partial charge in [-0.1, -0.05) is 11.8 Å². The fraction of sp³-hybridized carbons (Fsp3) is 0.286. The first-order valence-corrected chi connectivity index (χ1v) is 10.9. The van der Waals surface area contributed by atoms with E-state index in [1.54, 1.807) is 30.2 Å². The molecular formula is C21H22N4O2S2. The van der Waals surface area contributed by atoms with Crippen LogP contribution in [-0.4, -0.2) is 29.7 Å². The van der Waals surface area contributed by atoms with Crippen molar-refractivity contribution in [2.45, 2.75) is 36.7 Å². The Morgan fingerprint density at radius 1 is 1.10 bits per heavy atom. The molecule has 0 saturated carbocycles. The molecule has 8 heteroatoms. The van der Waals surface area contributed by atoms with E-state index in [1.807, 2.05) is 38.1 Å². The van der Waals surface area contributed by atoms with Crippen LogP contribution < -0.4 is 10.2 Å². The van der Waals surface area contributed by atoms with Crippen molar-refractivity contribution in [3.63, 3.8) is 0 Å². The molecule has 29 heavy (non-hydrogen) atoms. The molecule has 6 nitrogen and oxygen atoms in total. The molecule has 1 N–H and O–H groups in total. The first kappa shape index (κ1) is 19.9. The topological polar surface area (TPSA) is 68.6 Å². The zero-order valence-corrected chi connectivity index (χ0v) is 18.4. The van der Waals surface area contributed by atoms with Crippen molar-refractivity contribution in [3.8, 4) is 5.75 Å². The van der Waals surface area contributed by atoms with Gasteiger partial charge >= 0.3 is 0 Å². The Morgan fingerprint density at radius 2 is 1.90 bits per heavy atom. The van der Waals surface area contributed by atoms with Crippen LogP contribution in [0.5, 0.6) is 5.75 Å². The fourth-order valence-electron chi connectivity index (χ4n) is 2.99. The van der Waals surface area contributed by atoms with Gasteiger partial charge in [0.1, 0.15) is 23.4 Å². The summed E-state index contributed by atoms with van der Waals surface area (Å²) in [4.78, 5) is 14.2. The van der Waals surface area contributed by atoms with Crippen LogP contribution in [0.3, 0.4) is 0 Å². The minimum atomic E-state index is -0.0309. The lowest BCUT2D eigenvalue weighted by Crippen LogP contribution is -2.33. The maximum Gasteiger partial charge on any atom is 0.156 e. The molecule has 3 aromatic rings. The van der Waals surface area contributed by atoms with Gasteiger partial charge in [-0.25, -0.2) is 5.48 Å². The molecule has 0 aliphatic carbocycles. The average molecular weight is 427 g/mol. The molecule has 0 spiro atoms. The minimum absolute atomic E-state index is 0.0309. The number of aliphatic imine (C=N–C) groups is 1. The summed E-state index contributed by atoms with van der Waals surface area (Å²) in [5, 5.41) is 9.58. The summed E-state index contributed by atoms with van der Waals surface area (Å²) in [6.45, 7) is 6.60. The maximum absolute atomic E-state index is 5.70. The van der Waals surface area contributed by atoms with Gasteiger partial charge in [-0.2, -0.15) is 5.10 Å². The Bertz CT molecular complexity index is 1050. The van der Waals surface area contributed by atoms with E-state index in [-0.39, 0.29) is 6.04 Å². The number of hydrogen-bond acceptors (Lipinski definition) is 8. The molecule has 1 aliphatic rings. The molecule has 0 saturated heterocycles. The van der Waals surface area contributed by atoms with Crippen molar-refractivity contribution in [3.05, 3.63) is 63.0 Å². The number of rotatable bonds is 5. The van der Waals surface area contributed by atoms with Crippen LogP contribution in [0.1, 0.15) is 32.6 Å². The lowest BCUT2D eigenvalue weighted by Gasteiger charge is -2.23. The highest BCUT2D eigenvalue weighted by Gasteiger charge is 2.24. The zero-order chi connectivity index (χ0) is 20.4. The molecule has 0 amide bonds. The van der Waals surface area contributed by atoms with Crippen LogP contribution in [0.4, 0.5) is 0 Å². The highest BCUT2D eigenvalue weighted by atomic mass is 32.2. The van der Waals surface area contributed by atoms with Crippen molar-refractivity contribution in [1.82, 2.24) is 15.7 Å². The monoisotopic (exact) mass is 426 g/mol. The number of aromatic nitrogens is 2. The lowest BCUT2D eigenvalue weighted by atomic mass is 10.1. The van der Waals surface area contributed by atoms with Crippen LogP contribution >= 0.6 is 23.1 Å². The summed E-state index contributed by atoms with van der Waals surface area (Å²) < 4.78 is 5.25. The third kappa shape index (κ3) is 4.29. The second-order valence-corrected chi connectivity index (χ2v) is 9.10. The first-order chi connectivity index (χ1) is 14.0. The van der Waals surface area contributed by atoms with E-state index in [0.717, 1.165) is 32.5 Å². The summed E-state index contributed by atoms with van der Waals surface area (Å²) in [7, 11) is 1.66. The number of ether oxygens (including phenoxy) is 1. The number of aryl methyl sites for hydroxylation is 2.